The fraction of sp³-hybridized carbons (Fsp3) is 0.600. The molecule has 0 saturated heterocycles. The molecule has 0 spiro atoms. The predicted molar refractivity (Wildman–Crippen MR) is 105 cm³/mol. The van der Waals surface area contributed by atoms with Crippen molar-refractivity contribution in [3.63, 3.8) is 0 Å². The van der Waals surface area contributed by atoms with E-state index in [4.69, 9.17) is 12.2 Å². The van der Waals surface area contributed by atoms with Crippen LogP contribution in [0.25, 0.3) is 0 Å². The number of aryl methyl sites for hydroxylation is 3. The van der Waals surface area contributed by atoms with Gasteiger partial charge in [-0.15, -0.1) is 0 Å². The molecule has 1 aliphatic carbocycles. The molecule has 2 atom stereocenters. The van der Waals surface area contributed by atoms with Gasteiger partial charge in [0, 0.05) is 12.1 Å². The third-order valence-electron chi connectivity index (χ3n) is 5.77. The highest BCUT2D eigenvalue weighted by Gasteiger charge is 2.47. The van der Waals surface area contributed by atoms with Crippen LogP contribution in [0.4, 0.5) is 5.69 Å². The predicted octanol–water partition coefficient (Wildman–Crippen LogP) is 4.89. The first-order valence-corrected chi connectivity index (χ1v) is 9.24. The average molecular weight is 347 g/mol. The third-order valence-corrected chi connectivity index (χ3v) is 5.97. The van der Waals surface area contributed by atoms with Crippen molar-refractivity contribution in [2.75, 3.05) is 5.32 Å². The van der Waals surface area contributed by atoms with Crippen LogP contribution in [0.2, 0.25) is 0 Å². The van der Waals surface area contributed by atoms with E-state index in [1.165, 1.54) is 12.0 Å². The molecule has 1 aromatic rings. The summed E-state index contributed by atoms with van der Waals surface area (Å²) in [5, 5.41) is 6.42. The lowest BCUT2D eigenvalue weighted by molar-refractivity contribution is -0.125. The van der Waals surface area contributed by atoms with Crippen LogP contribution < -0.4 is 10.6 Å². The van der Waals surface area contributed by atoms with Crippen molar-refractivity contribution >= 4 is 28.9 Å². The van der Waals surface area contributed by atoms with E-state index in [1.54, 1.807) is 0 Å². The molecule has 24 heavy (non-hydrogen) atoms. The number of carbonyl (C=O) groups excluding carboxylic acids is 1. The van der Waals surface area contributed by atoms with Crippen molar-refractivity contribution in [2.24, 2.45) is 17.3 Å². The molecule has 132 valence electrons. The van der Waals surface area contributed by atoms with Crippen molar-refractivity contribution in [3.05, 3.63) is 28.8 Å². The van der Waals surface area contributed by atoms with Gasteiger partial charge in [-0.3, -0.25) is 4.79 Å². The second-order valence-corrected chi connectivity index (χ2v) is 8.25. The van der Waals surface area contributed by atoms with Gasteiger partial charge in [0.2, 0.25) is 5.91 Å². The quantitative estimate of drug-likeness (QED) is 0.763. The Kier molecular flexibility index (Phi) is 5.69. The largest absolute Gasteiger partial charge is 0.332 e. The van der Waals surface area contributed by atoms with Crippen LogP contribution in [-0.2, 0) is 4.79 Å². The molecule has 2 rings (SSSR count). The summed E-state index contributed by atoms with van der Waals surface area (Å²) in [5.41, 5.74) is 4.74. The summed E-state index contributed by atoms with van der Waals surface area (Å²) >= 11 is 5.33. The molecule has 1 amide bonds. The van der Waals surface area contributed by atoms with Gasteiger partial charge in [-0.1, -0.05) is 44.9 Å². The number of thiocarbonyl (C=S) groups is 1. The Morgan fingerprint density at radius 3 is 2.29 bits per heavy atom. The number of carbonyl (C=O) groups is 1. The standard InChI is InChI=1S/C20H30N2OS/c1-7-15-10-16(20(15,5)6)11-17(23)21-19(24)22-18-13(3)8-12(2)9-14(18)4/h8-9,15-16H,7,10-11H2,1-6H3,(H2,21,22,23,24)/t15-,16+/m1/s1. The van der Waals surface area contributed by atoms with Gasteiger partial charge in [-0.25, -0.2) is 0 Å². The van der Waals surface area contributed by atoms with Gasteiger partial charge in [-0.2, -0.15) is 0 Å². The first-order valence-electron chi connectivity index (χ1n) is 8.83. The molecule has 1 aromatic carbocycles. The molecule has 0 aromatic heterocycles. The Morgan fingerprint density at radius 2 is 1.79 bits per heavy atom. The number of amides is 1. The summed E-state index contributed by atoms with van der Waals surface area (Å²) in [4.78, 5) is 12.3. The summed E-state index contributed by atoms with van der Waals surface area (Å²) < 4.78 is 0. The number of nitrogens with one attached hydrogen (secondary N) is 2. The molecular weight excluding hydrogens is 316 g/mol. The zero-order valence-electron chi connectivity index (χ0n) is 15.7. The fourth-order valence-electron chi connectivity index (χ4n) is 4.09. The van der Waals surface area contributed by atoms with Crippen molar-refractivity contribution in [1.29, 1.82) is 0 Å². The fourth-order valence-corrected chi connectivity index (χ4v) is 4.30. The lowest BCUT2D eigenvalue weighted by Gasteiger charge is -2.52. The first kappa shape index (κ1) is 18.9. The lowest BCUT2D eigenvalue weighted by Crippen LogP contribution is -2.47. The van der Waals surface area contributed by atoms with E-state index >= 15 is 0 Å². The van der Waals surface area contributed by atoms with Crippen molar-refractivity contribution in [2.45, 2.75) is 60.8 Å². The van der Waals surface area contributed by atoms with E-state index in [2.05, 4.69) is 64.3 Å². The van der Waals surface area contributed by atoms with Crippen LogP contribution in [0.3, 0.4) is 0 Å². The SMILES string of the molecule is CC[C@@H]1C[C@@H](CC(=O)NC(=S)Nc2c(C)cc(C)cc2C)C1(C)C. The summed E-state index contributed by atoms with van der Waals surface area (Å²) in [7, 11) is 0. The molecule has 4 heteroatoms. The molecule has 3 nitrogen and oxygen atoms in total. The Morgan fingerprint density at radius 1 is 1.21 bits per heavy atom. The minimum Gasteiger partial charge on any atom is -0.332 e. The monoisotopic (exact) mass is 346 g/mol. The molecule has 0 heterocycles. The van der Waals surface area contributed by atoms with Crippen molar-refractivity contribution in [3.8, 4) is 0 Å². The molecule has 0 radical (unpaired) electrons. The van der Waals surface area contributed by atoms with E-state index in [-0.39, 0.29) is 11.3 Å². The zero-order valence-corrected chi connectivity index (χ0v) is 16.6. The summed E-state index contributed by atoms with van der Waals surface area (Å²) in [6.45, 7) is 13.0. The Bertz CT molecular complexity index is 628. The Labute approximate surface area is 151 Å². The van der Waals surface area contributed by atoms with Gasteiger partial charge < -0.3 is 10.6 Å². The van der Waals surface area contributed by atoms with E-state index in [0.29, 0.717) is 17.5 Å². The lowest BCUT2D eigenvalue weighted by atomic mass is 9.53. The van der Waals surface area contributed by atoms with Crippen molar-refractivity contribution < 1.29 is 4.79 Å². The van der Waals surface area contributed by atoms with Crippen molar-refractivity contribution in [1.82, 2.24) is 5.32 Å². The van der Waals surface area contributed by atoms with Crippen LogP contribution in [-0.4, -0.2) is 11.0 Å². The van der Waals surface area contributed by atoms with Crippen LogP contribution >= 0.6 is 12.2 Å². The van der Waals surface area contributed by atoms with Gasteiger partial charge in [0.15, 0.2) is 5.11 Å². The van der Waals surface area contributed by atoms with Crippen LogP contribution in [0.5, 0.6) is 0 Å². The van der Waals surface area contributed by atoms with Crippen LogP contribution in [0.15, 0.2) is 12.1 Å². The summed E-state index contributed by atoms with van der Waals surface area (Å²) in [6.07, 6.45) is 2.89. The maximum Gasteiger partial charge on any atom is 0.226 e. The van der Waals surface area contributed by atoms with Gasteiger partial charge in [0.05, 0.1) is 0 Å². The number of hydrogen-bond donors (Lipinski definition) is 2. The van der Waals surface area contributed by atoms with E-state index in [9.17, 15) is 4.79 Å². The molecular formula is C20H30N2OS. The van der Waals surface area contributed by atoms with E-state index in [0.717, 1.165) is 29.2 Å². The number of rotatable bonds is 4. The third kappa shape index (κ3) is 3.97. The number of hydrogen-bond acceptors (Lipinski definition) is 2. The topological polar surface area (TPSA) is 41.1 Å². The second kappa shape index (κ2) is 7.22. The molecule has 1 fully saturated rings. The molecule has 0 aliphatic heterocycles. The van der Waals surface area contributed by atoms with Gasteiger partial charge in [0.25, 0.3) is 0 Å². The Hall–Kier alpha value is -1.42. The first-order chi connectivity index (χ1) is 11.1. The summed E-state index contributed by atoms with van der Waals surface area (Å²) in [6, 6.07) is 4.23. The minimum absolute atomic E-state index is 0.0162. The van der Waals surface area contributed by atoms with E-state index < -0.39 is 0 Å². The minimum atomic E-state index is 0.0162. The molecule has 1 saturated carbocycles. The highest BCUT2D eigenvalue weighted by Crippen LogP contribution is 2.54. The second-order valence-electron chi connectivity index (χ2n) is 7.84. The summed E-state index contributed by atoms with van der Waals surface area (Å²) in [5.74, 6) is 1.20. The average Bonchev–Trinajstić information content (AvgIpc) is 2.46. The van der Waals surface area contributed by atoms with Crippen LogP contribution in [0, 0.1) is 38.0 Å². The van der Waals surface area contributed by atoms with E-state index in [1.807, 2.05) is 0 Å². The molecule has 0 unspecified atom stereocenters. The molecule has 2 N–H and O–H groups in total. The highest BCUT2D eigenvalue weighted by atomic mass is 32.1. The van der Waals surface area contributed by atoms with Gasteiger partial charge in [-0.05, 0) is 67.8 Å². The zero-order chi connectivity index (χ0) is 18.1. The molecule has 1 aliphatic rings. The highest BCUT2D eigenvalue weighted by molar-refractivity contribution is 7.80. The number of anilines is 1. The maximum atomic E-state index is 12.3. The smallest absolute Gasteiger partial charge is 0.226 e. The van der Waals surface area contributed by atoms with Gasteiger partial charge in [0.1, 0.15) is 0 Å². The Balaban J connectivity index is 1.90. The van der Waals surface area contributed by atoms with Crippen LogP contribution in [0.1, 0.15) is 56.7 Å². The maximum absolute atomic E-state index is 12.3. The molecule has 0 bridgehead atoms. The normalized spacial score (nSPS) is 21.8. The number of benzene rings is 1. The van der Waals surface area contributed by atoms with Gasteiger partial charge >= 0.3 is 0 Å².